The number of hydrogen-bond acceptors (Lipinski definition) is 0. The molecule has 0 saturated heterocycles. The predicted molar refractivity (Wildman–Crippen MR) is 75.1 cm³/mol. The number of halogens is 1. The van der Waals surface area contributed by atoms with Gasteiger partial charge in [0, 0.05) is 5.41 Å². The minimum atomic E-state index is -0.153. The lowest BCUT2D eigenvalue weighted by Gasteiger charge is -2.42. The van der Waals surface area contributed by atoms with Gasteiger partial charge in [0.15, 0.2) is 0 Å². The van der Waals surface area contributed by atoms with Gasteiger partial charge < -0.3 is 0 Å². The predicted octanol–water partition coefficient (Wildman–Crippen LogP) is 5.10. The average molecular weight is 246 g/mol. The van der Waals surface area contributed by atoms with Gasteiger partial charge in [-0.1, -0.05) is 44.6 Å². The van der Waals surface area contributed by atoms with Crippen LogP contribution in [0.2, 0.25) is 0 Å². The van der Waals surface area contributed by atoms with Gasteiger partial charge in [-0.3, -0.25) is 0 Å². The first-order valence-electron chi connectivity index (χ1n) is 6.88. The van der Waals surface area contributed by atoms with E-state index in [1.807, 2.05) is 12.1 Å². The van der Waals surface area contributed by atoms with Gasteiger partial charge >= 0.3 is 0 Å². The minimum absolute atomic E-state index is 0.0458. The zero-order chi connectivity index (χ0) is 13.3. The second-order valence-electron chi connectivity index (χ2n) is 6.17. The van der Waals surface area contributed by atoms with Crippen molar-refractivity contribution in [3.63, 3.8) is 0 Å². The molecule has 0 aromatic heterocycles. The monoisotopic (exact) mass is 246 g/mol. The number of benzene rings is 1. The first kappa shape index (κ1) is 13.3. The lowest BCUT2D eigenvalue weighted by Crippen LogP contribution is -2.36. The Morgan fingerprint density at radius 2 is 1.83 bits per heavy atom. The summed E-state index contributed by atoms with van der Waals surface area (Å²) in [5, 5.41) is 0. The summed E-state index contributed by atoms with van der Waals surface area (Å²) in [6, 6.07) is 7.05. The fraction of sp³-hybridized carbons (Fsp3) is 0.529. The van der Waals surface area contributed by atoms with Gasteiger partial charge in [0.1, 0.15) is 5.82 Å². The highest BCUT2D eigenvalue weighted by atomic mass is 19.1. The van der Waals surface area contributed by atoms with Crippen molar-refractivity contribution in [3.05, 3.63) is 47.3 Å². The van der Waals surface area contributed by atoms with Gasteiger partial charge in [-0.15, -0.1) is 0 Å². The molecule has 0 amide bonds. The van der Waals surface area contributed by atoms with E-state index in [9.17, 15) is 4.39 Å². The summed E-state index contributed by atoms with van der Waals surface area (Å²) in [5.74, 6) is 1.12. The summed E-state index contributed by atoms with van der Waals surface area (Å²) in [6.07, 6.45) is 4.82. The van der Waals surface area contributed by atoms with Gasteiger partial charge in [-0.2, -0.15) is 0 Å². The van der Waals surface area contributed by atoms with Crippen LogP contribution in [0.3, 0.4) is 0 Å². The normalized spacial score (nSPS) is 28.3. The second-order valence-corrected chi connectivity index (χ2v) is 6.17. The highest BCUT2D eigenvalue weighted by Gasteiger charge is 2.37. The third kappa shape index (κ3) is 2.36. The third-order valence-corrected chi connectivity index (χ3v) is 4.44. The van der Waals surface area contributed by atoms with Crippen LogP contribution in [0.25, 0.3) is 0 Å². The van der Waals surface area contributed by atoms with Crippen LogP contribution in [0.4, 0.5) is 4.39 Å². The summed E-state index contributed by atoms with van der Waals surface area (Å²) < 4.78 is 13.1. The first-order valence-corrected chi connectivity index (χ1v) is 6.88. The van der Waals surface area contributed by atoms with Gasteiger partial charge in [0.25, 0.3) is 0 Å². The fourth-order valence-electron chi connectivity index (χ4n) is 3.51. The molecule has 2 atom stereocenters. The zero-order valence-electron chi connectivity index (χ0n) is 11.8. The van der Waals surface area contributed by atoms with Gasteiger partial charge in [0.2, 0.25) is 0 Å². The molecule has 0 radical (unpaired) electrons. The second kappa shape index (κ2) is 4.87. The van der Waals surface area contributed by atoms with Crippen molar-refractivity contribution in [2.24, 2.45) is 11.8 Å². The third-order valence-electron chi connectivity index (χ3n) is 4.44. The Morgan fingerprint density at radius 3 is 2.39 bits per heavy atom. The van der Waals surface area contributed by atoms with Crippen molar-refractivity contribution in [1.82, 2.24) is 0 Å². The first-order chi connectivity index (χ1) is 8.43. The van der Waals surface area contributed by atoms with E-state index in [-0.39, 0.29) is 11.2 Å². The summed E-state index contributed by atoms with van der Waals surface area (Å²) in [6.45, 7) is 9.09. The Morgan fingerprint density at radius 1 is 1.22 bits per heavy atom. The van der Waals surface area contributed by atoms with Crippen LogP contribution in [0.5, 0.6) is 0 Å². The molecule has 98 valence electrons. The van der Waals surface area contributed by atoms with Crippen LogP contribution < -0.4 is 0 Å². The molecule has 1 aliphatic rings. The van der Waals surface area contributed by atoms with Crippen molar-refractivity contribution in [2.45, 2.75) is 46.0 Å². The molecule has 1 aliphatic carbocycles. The SMILES string of the molecule is CC1=C[C@](C)(c2ccc(F)cc2)C(C(C)C)CC1. The molecule has 0 heterocycles. The maximum atomic E-state index is 13.1. The van der Waals surface area contributed by atoms with E-state index in [0.717, 1.165) is 0 Å². The standard InChI is InChI=1S/C17H23F/c1-12(2)16-10-5-13(3)11-17(16,4)14-6-8-15(18)9-7-14/h6-9,11-12,16H,5,10H2,1-4H3/t16?,17-/m1/s1. The Hall–Kier alpha value is -1.11. The molecule has 0 N–H and O–H groups in total. The molecule has 1 unspecified atom stereocenters. The molecular weight excluding hydrogens is 223 g/mol. The molecule has 0 saturated carbocycles. The maximum Gasteiger partial charge on any atom is 0.123 e. The lowest BCUT2D eigenvalue weighted by molar-refractivity contribution is 0.237. The van der Waals surface area contributed by atoms with E-state index in [0.29, 0.717) is 11.8 Å². The summed E-state index contributed by atoms with van der Waals surface area (Å²) in [7, 11) is 0. The Bertz CT molecular complexity index is 441. The van der Waals surface area contributed by atoms with E-state index >= 15 is 0 Å². The van der Waals surface area contributed by atoms with Crippen LogP contribution in [-0.4, -0.2) is 0 Å². The Kier molecular flexibility index (Phi) is 3.61. The van der Waals surface area contributed by atoms with E-state index in [1.165, 1.54) is 24.0 Å². The molecular formula is C17H23F. The molecule has 0 bridgehead atoms. The smallest absolute Gasteiger partial charge is 0.123 e. The van der Waals surface area contributed by atoms with Crippen molar-refractivity contribution < 1.29 is 4.39 Å². The lowest BCUT2D eigenvalue weighted by atomic mass is 9.62. The minimum Gasteiger partial charge on any atom is -0.207 e. The van der Waals surface area contributed by atoms with Crippen molar-refractivity contribution in [1.29, 1.82) is 0 Å². The highest BCUT2D eigenvalue weighted by Crippen LogP contribution is 2.45. The summed E-state index contributed by atoms with van der Waals surface area (Å²) in [4.78, 5) is 0. The number of rotatable bonds is 2. The number of allylic oxidation sites excluding steroid dienone is 2. The van der Waals surface area contributed by atoms with Gasteiger partial charge in [0.05, 0.1) is 0 Å². The number of hydrogen-bond donors (Lipinski definition) is 0. The fourth-order valence-corrected chi connectivity index (χ4v) is 3.51. The van der Waals surface area contributed by atoms with Crippen LogP contribution >= 0.6 is 0 Å². The Labute approximate surface area is 110 Å². The van der Waals surface area contributed by atoms with Crippen molar-refractivity contribution in [3.8, 4) is 0 Å². The zero-order valence-corrected chi connectivity index (χ0v) is 11.8. The molecule has 0 fully saturated rings. The molecule has 18 heavy (non-hydrogen) atoms. The van der Waals surface area contributed by atoms with Crippen LogP contribution in [0.15, 0.2) is 35.9 Å². The van der Waals surface area contributed by atoms with Crippen LogP contribution in [-0.2, 0) is 5.41 Å². The van der Waals surface area contributed by atoms with E-state index in [2.05, 4.69) is 33.8 Å². The maximum absolute atomic E-state index is 13.1. The van der Waals surface area contributed by atoms with Crippen LogP contribution in [0, 0.1) is 17.7 Å². The van der Waals surface area contributed by atoms with Gasteiger partial charge in [-0.05, 0) is 49.3 Å². The largest absolute Gasteiger partial charge is 0.207 e. The van der Waals surface area contributed by atoms with Gasteiger partial charge in [-0.25, -0.2) is 4.39 Å². The van der Waals surface area contributed by atoms with E-state index in [4.69, 9.17) is 0 Å². The van der Waals surface area contributed by atoms with Crippen molar-refractivity contribution >= 4 is 0 Å². The quantitative estimate of drug-likeness (QED) is 0.637. The van der Waals surface area contributed by atoms with Crippen molar-refractivity contribution in [2.75, 3.05) is 0 Å². The molecule has 1 aromatic carbocycles. The summed E-state index contributed by atoms with van der Waals surface area (Å²) >= 11 is 0. The van der Waals surface area contributed by atoms with E-state index in [1.54, 1.807) is 12.1 Å². The molecule has 0 nitrogen and oxygen atoms in total. The topological polar surface area (TPSA) is 0 Å². The average Bonchev–Trinajstić information content (AvgIpc) is 2.28. The van der Waals surface area contributed by atoms with E-state index < -0.39 is 0 Å². The van der Waals surface area contributed by atoms with Crippen LogP contribution in [0.1, 0.15) is 46.1 Å². The highest BCUT2D eigenvalue weighted by molar-refractivity contribution is 5.34. The molecule has 0 spiro atoms. The summed E-state index contributed by atoms with van der Waals surface area (Å²) in [5.41, 5.74) is 2.74. The molecule has 2 rings (SSSR count). The molecule has 1 aromatic rings. The molecule has 1 heteroatoms. The Balaban J connectivity index is 2.46. The molecule has 0 aliphatic heterocycles.